The number of aryl methyl sites for hydroxylation is 1. The number of rotatable bonds is 19. The third-order valence-electron chi connectivity index (χ3n) is 6.60. The highest BCUT2D eigenvalue weighted by Crippen LogP contribution is 2.17. The van der Waals surface area contributed by atoms with Crippen molar-refractivity contribution in [1.29, 1.82) is 0 Å². The predicted molar refractivity (Wildman–Crippen MR) is 140 cm³/mol. The number of benzene rings is 1. The summed E-state index contributed by atoms with van der Waals surface area (Å²) in [6.45, 7) is 3.00. The molecule has 1 heterocycles. The second kappa shape index (κ2) is 20.5. The van der Waals surface area contributed by atoms with Gasteiger partial charge in [0.2, 0.25) is 5.91 Å². The minimum absolute atomic E-state index is 0. The van der Waals surface area contributed by atoms with E-state index < -0.39 is 6.10 Å². The summed E-state index contributed by atoms with van der Waals surface area (Å²) in [6, 6.07) is 15.5. The fourth-order valence-electron chi connectivity index (χ4n) is 4.45. The van der Waals surface area contributed by atoms with Gasteiger partial charge in [0.15, 0.2) is 12.4 Å². The number of hydrogen-bond donors (Lipinski definition) is 2. The Balaban J connectivity index is 0.00000612. The highest BCUT2D eigenvalue weighted by Gasteiger charge is 2.17. The molecule has 5 heteroatoms. The van der Waals surface area contributed by atoms with Gasteiger partial charge in [0.25, 0.3) is 0 Å². The molecule has 0 radical (unpaired) electrons. The molecule has 1 aromatic carbocycles. The first-order valence-corrected chi connectivity index (χ1v) is 13.6. The molecule has 0 aliphatic heterocycles. The first-order valence-electron chi connectivity index (χ1n) is 13.6. The fraction of sp³-hybridized carbons (Fsp3) is 0.600. The quantitative estimate of drug-likeness (QED) is 0.208. The van der Waals surface area contributed by atoms with Crippen LogP contribution in [0, 0.1) is 0 Å². The number of unbranched alkanes of at least 4 members (excludes halogenated alkanes) is 12. The predicted octanol–water partition coefficient (Wildman–Crippen LogP) is 3.68. The first kappa shape index (κ1) is 31.3. The monoisotopic (exact) mass is 546 g/mol. The van der Waals surface area contributed by atoms with Gasteiger partial charge in [-0.3, -0.25) is 4.79 Å². The van der Waals surface area contributed by atoms with E-state index in [0.29, 0.717) is 6.42 Å². The van der Waals surface area contributed by atoms with E-state index in [0.717, 1.165) is 24.9 Å². The van der Waals surface area contributed by atoms with Crippen molar-refractivity contribution < 1.29 is 31.4 Å². The maximum atomic E-state index is 12.1. The number of halogens is 1. The molecule has 1 aromatic heterocycles. The number of hydrogen-bond acceptors (Lipinski definition) is 2. The second-order valence-corrected chi connectivity index (χ2v) is 9.67. The molecule has 35 heavy (non-hydrogen) atoms. The van der Waals surface area contributed by atoms with Crippen LogP contribution in [0.2, 0.25) is 0 Å². The molecule has 2 aromatic rings. The van der Waals surface area contributed by atoms with Crippen molar-refractivity contribution in [1.82, 2.24) is 5.32 Å². The third-order valence-corrected chi connectivity index (χ3v) is 6.60. The number of nitrogens with one attached hydrogen (secondary N) is 1. The Kier molecular flexibility index (Phi) is 18.3. The molecule has 2 rings (SSSR count). The van der Waals surface area contributed by atoms with Gasteiger partial charge in [-0.2, -0.15) is 0 Å². The zero-order chi connectivity index (χ0) is 24.3. The first-order chi connectivity index (χ1) is 16.7. The van der Waals surface area contributed by atoms with Gasteiger partial charge >= 0.3 is 0 Å². The lowest BCUT2D eigenvalue weighted by Crippen LogP contribution is -3.00. The Morgan fingerprint density at radius 1 is 0.743 bits per heavy atom. The summed E-state index contributed by atoms with van der Waals surface area (Å²) < 4.78 is 2.27. The van der Waals surface area contributed by atoms with Gasteiger partial charge in [-0.1, -0.05) is 101 Å². The number of aromatic nitrogens is 1. The summed E-state index contributed by atoms with van der Waals surface area (Å²) in [5.74, 6) is 0.0429. The second-order valence-electron chi connectivity index (χ2n) is 9.67. The fourth-order valence-corrected chi connectivity index (χ4v) is 4.45. The molecule has 2 atom stereocenters. The van der Waals surface area contributed by atoms with Crippen LogP contribution in [0.3, 0.4) is 0 Å². The van der Waals surface area contributed by atoms with Crippen LogP contribution in [-0.2, 0) is 11.3 Å². The average Bonchev–Trinajstić information content (AvgIpc) is 2.87. The molecule has 0 saturated carbocycles. The molecule has 0 aliphatic rings. The molecular weight excluding hydrogens is 500 g/mol. The molecule has 1 amide bonds. The minimum atomic E-state index is -0.663. The number of pyridine rings is 1. The van der Waals surface area contributed by atoms with Gasteiger partial charge in [0.1, 0.15) is 6.54 Å². The molecule has 0 fully saturated rings. The summed E-state index contributed by atoms with van der Waals surface area (Å²) in [5, 5.41) is 13.3. The maximum absolute atomic E-state index is 12.1. The van der Waals surface area contributed by atoms with Crippen molar-refractivity contribution >= 4 is 5.91 Å². The lowest BCUT2D eigenvalue weighted by Gasteiger charge is -2.20. The summed E-state index contributed by atoms with van der Waals surface area (Å²) in [4.78, 5) is 12.1. The molecule has 0 bridgehead atoms. The van der Waals surface area contributed by atoms with Crippen LogP contribution in [0.4, 0.5) is 0 Å². The van der Waals surface area contributed by atoms with Crippen LogP contribution in [0.1, 0.15) is 108 Å². The Hall–Kier alpha value is -1.72. The zero-order valence-electron chi connectivity index (χ0n) is 21.7. The van der Waals surface area contributed by atoms with E-state index in [2.05, 4.69) is 40.5 Å². The molecule has 4 nitrogen and oxygen atoms in total. The van der Waals surface area contributed by atoms with E-state index in [9.17, 15) is 9.90 Å². The zero-order valence-corrected chi connectivity index (χ0v) is 23.3. The Morgan fingerprint density at radius 2 is 1.20 bits per heavy atom. The maximum Gasteiger partial charge on any atom is 0.220 e. The standard InChI is InChI=1S/C30H46N2O2.BrH/c1-27(30(34)28-21-15-13-16-22-28)31-29(33)23-17-11-9-7-5-3-2-4-6-8-10-12-18-24-32-25-19-14-20-26-32;/h13-16,19-22,25-27,30,34H,2-12,17-18,23-24H2,1H3;1H/t27-,30-;/m0./s1. The third kappa shape index (κ3) is 15.1. The van der Waals surface area contributed by atoms with Crippen LogP contribution in [0.15, 0.2) is 60.9 Å². The number of carbonyl (C=O) groups is 1. The number of aliphatic hydroxyl groups excluding tert-OH is 1. The molecular formula is C30H47BrN2O2. The summed E-state index contributed by atoms with van der Waals surface area (Å²) in [7, 11) is 0. The van der Waals surface area contributed by atoms with Gasteiger partial charge in [-0.15, -0.1) is 0 Å². The van der Waals surface area contributed by atoms with Crippen molar-refractivity contribution in [3.05, 3.63) is 66.5 Å². The van der Waals surface area contributed by atoms with E-state index in [1.54, 1.807) is 0 Å². The Bertz CT molecular complexity index is 757. The lowest BCUT2D eigenvalue weighted by atomic mass is 10.0. The SMILES string of the molecule is C[C@H](NC(=O)CCCCCCCCCCCCCCC[n+]1ccccc1)[C@H](O)c1ccccc1.[Br-]. The number of amides is 1. The molecule has 0 aliphatic carbocycles. The molecule has 0 saturated heterocycles. The average molecular weight is 548 g/mol. The van der Waals surface area contributed by atoms with Crippen LogP contribution < -0.4 is 26.9 Å². The van der Waals surface area contributed by atoms with Crippen LogP contribution >= 0.6 is 0 Å². The van der Waals surface area contributed by atoms with Gasteiger partial charge in [0, 0.05) is 25.0 Å². The minimum Gasteiger partial charge on any atom is -1.00 e. The number of carbonyl (C=O) groups excluding carboxylic acids is 1. The topological polar surface area (TPSA) is 53.2 Å². The summed E-state index contributed by atoms with van der Waals surface area (Å²) in [6.07, 6.45) is 20.9. The van der Waals surface area contributed by atoms with Crippen molar-refractivity contribution in [2.45, 2.75) is 116 Å². The Labute approximate surface area is 224 Å². The molecule has 0 unspecified atom stereocenters. The number of nitrogens with zero attached hydrogens (tertiary/aromatic N) is 1. The summed E-state index contributed by atoms with van der Waals surface area (Å²) in [5.41, 5.74) is 0.841. The Morgan fingerprint density at radius 3 is 1.74 bits per heavy atom. The van der Waals surface area contributed by atoms with Gasteiger partial charge < -0.3 is 27.4 Å². The van der Waals surface area contributed by atoms with Gasteiger partial charge in [0.05, 0.1) is 12.1 Å². The molecule has 196 valence electrons. The van der Waals surface area contributed by atoms with Crippen LogP contribution in [-0.4, -0.2) is 17.1 Å². The molecule has 0 spiro atoms. The van der Waals surface area contributed by atoms with E-state index in [4.69, 9.17) is 0 Å². The highest BCUT2D eigenvalue weighted by atomic mass is 79.9. The van der Waals surface area contributed by atoms with Gasteiger partial charge in [-0.05, 0) is 25.3 Å². The van der Waals surface area contributed by atoms with Crippen molar-refractivity contribution in [3.8, 4) is 0 Å². The highest BCUT2D eigenvalue weighted by molar-refractivity contribution is 5.76. The molecule has 2 N–H and O–H groups in total. The van der Waals surface area contributed by atoms with E-state index in [1.807, 2.05) is 37.3 Å². The number of aliphatic hydroxyl groups is 1. The normalized spacial score (nSPS) is 12.5. The summed E-state index contributed by atoms with van der Waals surface area (Å²) >= 11 is 0. The lowest BCUT2D eigenvalue weighted by molar-refractivity contribution is -0.697. The van der Waals surface area contributed by atoms with Crippen molar-refractivity contribution in [2.24, 2.45) is 0 Å². The van der Waals surface area contributed by atoms with E-state index >= 15 is 0 Å². The van der Waals surface area contributed by atoms with Crippen molar-refractivity contribution in [3.63, 3.8) is 0 Å². The van der Waals surface area contributed by atoms with Gasteiger partial charge in [-0.25, -0.2) is 4.57 Å². The van der Waals surface area contributed by atoms with Crippen LogP contribution in [0.25, 0.3) is 0 Å². The van der Waals surface area contributed by atoms with Crippen molar-refractivity contribution in [2.75, 3.05) is 0 Å². The smallest absolute Gasteiger partial charge is 0.220 e. The largest absolute Gasteiger partial charge is 1.00 e. The van der Waals surface area contributed by atoms with Crippen LogP contribution in [0.5, 0.6) is 0 Å². The van der Waals surface area contributed by atoms with E-state index in [1.165, 1.54) is 70.6 Å². The van der Waals surface area contributed by atoms with E-state index in [-0.39, 0.29) is 28.9 Å².